The molecule has 0 aliphatic carbocycles. The Morgan fingerprint density at radius 3 is 2.00 bits per heavy atom. The number of rotatable bonds is 7. The molecule has 4 rings (SSSR count). The lowest BCUT2D eigenvalue weighted by molar-refractivity contribution is -0.385. The van der Waals surface area contributed by atoms with Crippen LogP contribution in [0.3, 0.4) is 0 Å². The van der Waals surface area contributed by atoms with E-state index in [9.17, 15) is 29.8 Å². The highest BCUT2D eigenvalue weighted by molar-refractivity contribution is 8.18. The summed E-state index contributed by atoms with van der Waals surface area (Å²) in [5.41, 5.74) is 1.16. The second kappa shape index (κ2) is 9.09. The van der Waals surface area contributed by atoms with Crippen LogP contribution in [0.4, 0.5) is 16.2 Å². The Balaban J connectivity index is 1.58. The number of imide groups is 1. The van der Waals surface area contributed by atoms with Gasteiger partial charge in [0.05, 0.1) is 27.8 Å². The van der Waals surface area contributed by atoms with Crippen molar-refractivity contribution < 1.29 is 19.4 Å². The van der Waals surface area contributed by atoms with Crippen LogP contribution in [-0.4, -0.2) is 30.5 Å². The van der Waals surface area contributed by atoms with Crippen molar-refractivity contribution in [3.8, 4) is 0 Å². The molecule has 3 aromatic rings. The Morgan fingerprint density at radius 1 is 0.818 bits per heavy atom. The summed E-state index contributed by atoms with van der Waals surface area (Å²) in [5, 5.41) is 22.0. The largest absolute Gasteiger partial charge is 0.343 e. The number of nitro groups is 2. The van der Waals surface area contributed by atoms with Crippen LogP contribution in [0.15, 0.2) is 71.8 Å². The van der Waals surface area contributed by atoms with Gasteiger partial charge in [-0.25, -0.2) is 0 Å². The van der Waals surface area contributed by atoms with E-state index in [-0.39, 0.29) is 34.9 Å². The normalized spacial score (nSPS) is 14.8. The first kappa shape index (κ1) is 22.0. The zero-order valence-corrected chi connectivity index (χ0v) is 17.8. The van der Waals surface area contributed by atoms with Gasteiger partial charge in [-0.05, 0) is 30.0 Å². The highest BCUT2D eigenvalue weighted by Gasteiger charge is 2.36. The summed E-state index contributed by atoms with van der Waals surface area (Å²) in [6.45, 7) is -0.00756. The number of nitrogens with zero attached hydrogens (tertiary/aromatic N) is 4. The Labute approximate surface area is 191 Å². The molecule has 0 N–H and O–H groups in total. The molecular formula is C22H16N4O6S. The number of hydrogen-bond donors (Lipinski definition) is 0. The quantitative estimate of drug-likeness (QED) is 0.284. The number of nitro benzene ring substituents is 2. The Morgan fingerprint density at radius 2 is 1.39 bits per heavy atom. The molecule has 1 aliphatic heterocycles. The minimum atomic E-state index is -0.556. The number of carbonyl (C=O) groups excluding carboxylic acids is 2. The zero-order chi connectivity index (χ0) is 23.5. The average Bonchev–Trinajstić information content (AvgIpc) is 3.33. The van der Waals surface area contributed by atoms with E-state index in [1.165, 1.54) is 24.3 Å². The van der Waals surface area contributed by atoms with Crippen LogP contribution in [0.25, 0.3) is 6.08 Å². The Hall–Kier alpha value is -4.25. The third-order valence-electron chi connectivity index (χ3n) is 5.06. The van der Waals surface area contributed by atoms with Crippen LogP contribution in [0.5, 0.6) is 0 Å². The monoisotopic (exact) mass is 464 g/mol. The molecule has 1 aromatic heterocycles. The van der Waals surface area contributed by atoms with Crippen LogP contribution in [0.1, 0.15) is 16.8 Å². The van der Waals surface area contributed by atoms with Crippen molar-refractivity contribution in [1.82, 2.24) is 9.47 Å². The van der Waals surface area contributed by atoms with E-state index in [2.05, 4.69) is 0 Å². The molecule has 11 heteroatoms. The molecule has 0 saturated carbocycles. The van der Waals surface area contributed by atoms with E-state index >= 15 is 0 Å². The van der Waals surface area contributed by atoms with Crippen LogP contribution >= 0.6 is 11.8 Å². The lowest BCUT2D eigenvalue weighted by Crippen LogP contribution is -2.27. The highest BCUT2D eigenvalue weighted by Crippen LogP contribution is 2.34. The summed E-state index contributed by atoms with van der Waals surface area (Å²) < 4.78 is 1.73. The van der Waals surface area contributed by atoms with Gasteiger partial charge in [0.1, 0.15) is 0 Å². The number of thioether (sulfide) groups is 1. The number of carbonyl (C=O) groups is 2. The van der Waals surface area contributed by atoms with E-state index in [0.29, 0.717) is 11.3 Å². The van der Waals surface area contributed by atoms with Gasteiger partial charge < -0.3 is 4.57 Å². The van der Waals surface area contributed by atoms with Gasteiger partial charge in [-0.1, -0.05) is 36.4 Å². The van der Waals surface area contributed by atoms with Gasteiger partial charge >= 0.3 is 0 Å². The summed E-state index contributed by atoms with van der Waals surface area (Å²) in [6, 6.07) is 15.8. The van der Waals surface area contributed by atoms with E-state index < -0.39 is 21.0 Å². The van der Waals surface area contributed by atoms with Gasteiger partial charge in [0.25, 0.3) is 22.5 Å². The van der Waals surface area contributed by atoms with Crippen molar-refractivity contribution in [2.24, 2.45) is 0 Å². The first-order valence-electron chi connectivity index (χ1n) is 9.70. The van der Waals surface area contributed by atoms with Crippen LogP contribution < -0.4 is 0 Å². The summed E-state index contributed by atoms with van der Waals surface area (Å²) in [4.78, 5) is 48.0. The van der Waals surface area contributed by atoms with Crippen molar-refractivity contribution in [3.05, 3.63) is 109 Å². The molecule has 0 radical (unpaired) electrons. The smallest absolute Gasteiger partial charge is 0.293 e. The van der Waals surface area contributed by atoms with Crippen molar-refractivity contribution in [1.29, 1.82) is 0 Å². The first-order chi connectivity index (χ1) is 15.8. The van der Waals surface area contributed by atoms with Crippen molar-refractivity contribution >= 4 is 40.4 Å². The fourth-order valence-corrected chi connectivity index (χ4v) is 4.30. The highest BCUT2D eigenvalue weighted by atomic mass is 32.2. The van der Waals surface area contributed by atoms with E-state index in [0.717, 1.165) is 16.7 Å². The molecule has 2 heterocycles. The maximum Gasteiger partial charge on any atom is 0.293 e. The molecule has 33 heavy (non-hydrogen) atoms. The van der Waals surface area contributed by atoms with E-state index in [1.807, 2.05) is 0 Å². The molecule has 1 aliphatic rings. The van der Waals surface area contributed by atoms with Gasteiger partial charge in [-0.3, -0.25) is 34.7 Å². The Kier molecular flexibility index (Phi) is 6.05. The summed E-state index contributed by atoms with van der Waals surface area (Å²) >= 11 is 0.744. The van der Waals surface area contributed by atoms with Gasteiger partial charge in [0.15, 0.2) is 0 Å². The maximum absolute atomic E-state index is 12.9. The number of aromatic nitrogens is 1. The van der Waals surface area contributed by atoms with Crippen molar-refractivity contribution in [3.63, 3.8) is 0 Å². The SMILES string of the molecule is O=C1S/C(=C\c2cccn2Cc2ccccc2[N+](=O)[O-])C(=O)N1Cc1ccccc1[N+](=O)[O-]. The maximum atomic E-state index is 12.9. The molecule has 1 fully saturated rings. The minimum absolute atomic E-state index is 0.0121. The molecule has 0 spiro atoms. The van der Waals surface area contributed by atoms with E-state index in [4.69, 9.17) is 0 Å². The number of amides is 2. The Bertz CT molecular complexity index is 1320. The third kappa shape index (κ3) is 4.53. The number of para-hydroxylation sites is 2. The lowest BCUT2D eigenvalue weighted by atomic mass is 10.1. The zero-order valence-electron chi connectivity index (χ0n) is 17.0. The number of benzene rings is 2. The molecule has 0 unspecified atom stereocenters. The molecule has 2 amide bonds. The molecular weight excluding hydrogens is 448 g/mol. The summed E-state index contributed by atoms with van der Waals surface area (Å²) in [5.74, 6) is -0.554. The van der Waals surface area contributed by atoms with Crippen LogP contribution in [-0.2, 0) is 17.9 Å². The fraction of sp³-hybridized carbons (Fsp3) is 0.0909. The molecule has 2 aromatic carbocycles. The predicted molar refractivity (Wildman–Crippen MR) is 121 cm³/mol. The summed E-state index contributed by atoms with van der Waals surface area (Å²) in [7, 11) is 0. The van der Waals surface area contributed by atoms with Gasteiger partial charge in [0.2, 0.25) is 0 Å². The second-order valence-corrected chi connectivity index (χ2v) is 8.09. The topological polar surface area (TPSA) is 129 Å². The van der Waals surface area contributed by atoms with Crippen molar-refractivity contribution in [2.45, 2.75) is 13.1 Å². The fourth-order valence-electron chi connectivity index (χ4n) is 3.47. The van der Waals surface area contributed by atoms with Gasteiger partial charge in [-0.15, -0.1) is 0 Å². The van der Waals surface area contributed by atoms with Gasteiger partial charge in [-0.2, -0.15) is 0 Å². The van der Waals surface area contributed by atoms with Gasteiger partial charge in [0, 0.05) is 35.2 Å². The number of hydrogen-bond acceptors (Lipinski definition) is 7. The van der Waals surface area contributed by atoms with Crippen LogP contribution in [0, 0.1) is 20.2 Å². The standard InChI is InChI=1S/C22H16N4O6S/c27-21-20(33-22(28)24(21)14-16-7-2-4-10-19(16)26(31)32)12-17-8-5-11-23(17)13-15-6-1-3-9-18(15)25(29)30/h1-12H,13-14H2/b20-12-. The molecule has 10 nitrogen and oxygen atoms in total. The van der Waals surface area contributed by atoms with E-state index in [1.54, 1.807) is 53.2 Å². The first-order valence-corrected chi connectivity index (χ1v) is 10.5. The third-order valence-corrected chi connectivity index (χ3v) is 5.97. The minimum Gasteiger partial charge on any atom is -0.343 e. The molecule has 0 bridgehead atoms. The van der Waals surface area contributed by atoms with Crippen LogP contribution in [0.2, 0.25) is 0 Å². The van der Waals surface area contributed by atoms with Crippen molar-refractivity contribution in [2.75, 3.05) is 0 Å². The summed E-state index contributed by atoms with van der Waals surface area (Å²) in [6.07, 6.45) is 3.26. The predicted octanol–water partition coefficient (Wildman–Crippen LogP) is 4.59. The second-order valence-electron chi connectivity index (χ2n) is 7.10. The molecule has 1 saturated heterocycles. The molecule has 0 atom stereocenters. The average molecular weight is 464 g/mol. The lowest BCUT2D eigenvalue weighted by Gasteiger charge is -2.12. The molecule has 166 valence electrons.